The van der Waals surface area contributed by atoms with Crippen molar-refractivity contribution < 1.29 is 24.5 Å². The number of Topliss-reactive ketones (excluding diaryl/α,β-unsaturated/α-hetero) is 1. The molecule has 0 aromatic heterocycles. The lowest BCUT2D eigenvalue weighted by molar-refractivity contribution is -0.258. The lowest BCUT2D eigenvalue weighted by Gasteiger charge is -2.71. The highest BCUT2D eigenvalue weighted by molar-refractivity contribution is 5.89. The highest BCUT2D eigenvalue weighted by Gasteiger charge is 2.81. The maximum absolute atomic E-state index is 13.1. The first-order valence-corrected chi connectivity index (χ1v) is 10.7. The summed E-state index contributed by atoms with van der Waals surface area (Å²) in [5, 5.41) is 20.7. The molecule has 2 bridgehead atoms. The van der Waals surface area contributed by atoms with Gasteiger partial charge in [0.1, 0.15) is 18.5 Å². The van der Waals surface area contributed by atoms with Crippen LogP contribution in [-0.2, 0) is 14.3 Å². The Balaban J connectivity index is 1.90. The number of esters is 1. The second kappa shape index (κ2) is 5.91. The van der Waals surface area contributed by atoms with Crippen LogP contribution in [0.25, 0.3) is 0 Å². The van der Waals surface area contributed by atoms with Gasteiger partial charge in [0.2, 0.25) is 0 Å². The number of carbonyl (C=O) groups is 2. The first-order valence-electron chi connectivity index (χ1n) is 10.7. The second-order valence-corrected chi connectivity index (χ2v) is 10.7. The molecule has 4 aliphatic rings. The fourth-order valence-electron chi connectivity index (χ4n) is 8.22. The summed E-state index contributed by atoms with van der Waals surface area (Å²) >= 11 is 0. The Bertz CT molecular complexity index is 733. The average Bonchev–Trinajstić information content (AvgIpc) is 2.85. The zero-order valence-electron chi connectivity index (χ0n) is 17.5. The van der Waals surface area contributed by atoms with Crippen molar-refractivity contribution in [3.63, 3.8) is 0 Å². The molecular formula is C23H34O5. The molecule has 2 spiro atoms. The molecule has 5 nitrogen and oxygen atoms in total. The smallest absolute Gasteiger partial charge is 0.332 e. The van der Waals surface area contributed by atoms with Gasteiger partial charge in [-0.15, -0.1) is 6.58 Å². The second-order valence-electron chi connectivity index (χ2n) is 10.7. The van der Waals surface area contributed by atoms with E-state index in [1.807, 2.05) is 6.92 Å². The molecule has 28 heavy (non-hydrogen) atoms. The van der Waals surface area contributed by atoms with Gasteiger partial charge >= 0.3 is 5.97 Å². The molecule has 5 heteroatoms. The molecule has 9 unspecified atom stereocenters. The van der Waals surface area contributed by atoms with E-state index in [1.165, 1.54) is 0 Å². The zero-order chi connectivity index (χ0) is 20.7. The van der Waals surface area contributed by atoms with Crippen molar-refractivity contribution in [3.8, 4) is 0 Å². The summed E-state index contributed by atoms with van der Waals surface area (Å²) in [5.74, 6) is 0.0872. The number of ether oxygens (including phenoxy) is 1. The predicted molar refractivity (Wildman–Crippen MR) is 104 cm³/mol. The lowest BCUT2D eigenvalue weighted by atomic mass is 9.32. The minimum atomic E-state index is -0.662. The van der Waals surface area contributed by atoms with Gasteiger partial charge in [-0.05, 0) is 48.9 Å². The third kappa shape index (κ3) is 2.10. The van der Waals surface area contributed by atoms with Crippen LogP contribution in [0.4, 0.5) is 0 Å². The van der Waals surface area contributed by atoms with Crippen molar-refractivity contribution in [2.75, 3.05) is 6.61 Å². The van der Waals surface area contributed by atoms with Crippen molar-refractivity contribution in [2.45, 2.75) is 72.0 Å². The van der Waals surface area contributed by atoms with Crippen LogP contribution in [0.5, 0.6) is 0 Å². The molecule has 156 valence electrons. The first-order chi connectivity index (χ1) is 13.0. The molecule has 0 heterocycles. The number of ketones is 1. The Hall–Kier alpha value is -1.20. The van der Waals surface area contributed by atoms with E-state index in [0.717, 1.165) is 19.3 Å². The van der Waals surface area contributed by atoms with Gasteiger partial charge in [-0.25, -0.2) is 4.79 Å². The van der Waals surface area contributed by atoms with E-state index in [-0.39, 0.29) is 34.0 Å². The zero-order valence-corrected chi connectivity index (χ0v) is 17.5. The van der Waals surface area contributed by atoms with E-state index >= 15 is 0 Å². The SMILES string of the molecule is C=CC1(C)CC(OC(=O)CO)C2(C)C(C)CC34CC(CCC3=O)(C(C)C1O)C42. The molecule has 9 atom stereocenters. The molecule has 0 aromatic rings. The molecule has 4 aliphatic carbocycles. The normalized spacial score (nSPS) is 54.8. The van der Waals surface area contributed by atoms with Crippen LogP contribution in [0.2, 0.25) is 0 Å². The highest BCUT2D eigenvalue weighted by Crippen LogP contribution is 2.82. The maximum atomic E-state index is 13.1. The highest BCUT2D eigenvalue weighted by atomic mass is 16.6. The van der Waals surface area contributed by atoms with Crippen LogP contribution in [0.15, 0.2) is 12.7 Å². The Morgan fingerprint density at radius 3 is 2.61 bits per heavy atom. The fraction of sp³-hybridized carbons (Fsp3) is 0.826. The Morgan fingerprint density at radius 1 is 1.32 bits per heavy atom. The summed E-state index contributed by atoms with van der Waals surface area (Å²) in [6.45, 7) is 11.8. The van der Waals surface area contributed by atoms with E-state index in [0.29, 0.717) is 18.6 Å². The minimum Gasteiger partial charge on any atom is -0.460 e. The van der Waals surface area contributed by atoms with Crippen LogP contribution in [-0.4, -0.2) is 40.8 Å². The number of carbonyl (C=O) groups excluding carboxylic acids is 2. The molecule has 4 rings (SSSR count). The summed E-state index contributed by atoms with van der Waals surface area (Å²) in [4.78, 5) is 25.2. The Kier molecular flexibility index (Phi) is 4.24. The Labute approximate surface area is 167 Å². The van der Waals surface area contributed by atoms with Gasteiger partial charge in [0, 0.05) is 22.7 Å². The van der Waals surface area contributed by atoms with Gasteiger partial charge in [-0.1, -0.05) is 33.8 Å². The van der Waals surface area contributed by atoms with Crippen LogP contribution < -0.4 is 0 Å². The lowest BCUT2D eigenvalue weighted by Crippen LogP contribution is -2.71. The summed E-state index contributed by atoms with van der Waals surface area (Å²) in [6, 6.07) is 0. The van der Waals surface area contributed by atoms with Crippen molar-refractivity contribution in [1.29, 1.82) is 0 Å². The van der Waals surface area contributed by atoms with Crippen molar-refractivity contribution in [2.24, 2.45) is 39.4 Å². The monoisotopic (exact) mass is 390 g/mol. The molecule has 0 amide bonds. The molecule has 2 N–H and O–H groups in total. The summed E-state index contributed by atoms with van der Waals surface area (Å²) in [6.07, 6.45) is 4.22. The van der Waals surface area contributed by atoms with Gasteiger partial charge in [-0.2, -0.15) is 0 Å². The fourth-order valence-corrected chi connectivity index (χ4v) is 8.22. The van der Waals surface area contributed by atoms with Crippen LogP contribution in [0, 0.1) is 39.4 Å². The number of rotatable bonds is 3. The van der Waals surface area contributed by atoms with E-state index in [2.05, 4.69) is 27.4 Å². The average molecular weight is 391 g/mol. The maximum Gasteiger partial charge on any atom is 0.332 e. The van der Waals surface area contributed by atoms with E-state index in [9.17, 15) is 19.8 Å². The molecular weight excluding hydrogens is 356 g/mol. The van der Waals surface area contributed by atoms with Crippen LogP contribution >= 0.6 is 0 Å². The van der Waals surface area contributed by atoms with E-state index in [4.69, 9.17) is 4.74 Å². The predicted octanol–water partition coefficient (Wildman–Crippen LogP) is 2.89. The van der Waals surface area contributed by atoms with E-state index in [1.54, 1.807) is 6.08 Å². The quantitative estimate of drug-likeness (QED) is 0.572. The number of hydrogen-bond acceptors (Lipinski definition) is 5. The number of aliphatic hydroxyl groups excluding tert-OH is 2. The molecule has 0 aromatic carbocycles. The number of aliphatic hydroxyl groups is 2. The summed E-state index contributed by atoms with van der Waals surface area (Å²) in [7, 11) is 0. The van der Waals surface area contributed by atoms with E-state index < -0.39 is 30.2 Å². The van der Waals surface area contributed by atoms with Crippen LogP contribution in [0.1, 0.15) is 59.8 Å². The third-order valence-corrected chi connectivity index (χ3v) is 9.74. The molecule has 0 aliphatic heterocycles. The largest absolute Gasteiger partial charge is 0.460 e. The molecule has 0 saturated heterocycles. The van der Waals surface area contributed by atoms with Gasteiger partial charge in [0.05, 0.1) is 6.10 Å². The Morgan fingerprint density at radius 2 is 2.00 bits per heavy atom. The van der Waals surface area contributed by atoms with Gasteiger partial charge in [-0.3, -0.25) is 4.79 Å². The number of hydrogen-bond donors (Lipinski definition) is 2. The van der Waals surface area contributed by atoms with Crippen molar-refractivity contribution in [3.05, 3.63) is 12.7 Å². The minimum absolute atomic E-state index is 0.0424. The first kappa shape index (κ1) is 20.1. The van der Waals surface area contributed by atoms with Crippen molar-refractivity contribution >= 4 is 11.8 Å². The van der Waals surface area contributed by atoms with Gasteiger partial charge in [0.25, 0.3) is 0 Å². The topological polar surface area (TPSA) is 83.8 Å². The molecule has 0 radical (unpaired) electrons. The van der Waals surface area contributed by atoms with Crippen LogP contribution in [0.3, 0.4) is 0 Å². The van der Waals surface area contributed by atoms with Gasteiger partial charge in [0.15, 0.2) is 0 Å². The standard InChI is InChI=1S/C23H34O5/c1-6-20(4)10-16(28-17(26)11-24)21(5)13(2)9-23-12-22(19(21)23,8-7-15(23)25)14(3)18(20)27/h6,13-14,16,18-19,24,27H,1,7-12H2,2-5H3. The van der Waals surface area contributed by atoms with Gasteiger partial charge < -0.3 is 14.9 Å². The summed E-state index contributed by atoms with van der Waals surface area (Å²) < 4.78 is 5.85. The third-order valence-electron chi connectivity index (χ3n) is 9.74. The molecule has 4 saturated carbocycles. The van der Waals surface area contributed by atoms with Crippen molar-refractivity contribution in [1.82, 2.24) is 0 Å². The summed E-state index contributed by atoms with van der Waals surface area (Å²) in [5.41, 5.74) is -1.41. The molecule has 4 fully saturated rings.